The van der Waals surface area contributed by atoms with E-state index in [1.165, 1.54) is 12.1 Å². The maximum Gasteiger partial charge on any atom is 0.261 e. The Bertz CT molecular complexity index is 890. The van der Waals surface area contributed by atoms with Crippen molar-refractivity contribution in [2.75, 3.05) is 11.3 Å². The van der Waals surface area contributed by atoms with Gasteiger partial charge in [-0.1, -0.05) is 32.0 Å². The van der Waals surface area contributed by atoms with Gasteiger partial charge in [-0.2, -0.15) is 0 Å². The summed E-state index contributed by atoms with van der Waals surface area (Å²) in [4.78, 5) is 12.3. The van der Waals surface area contributed by atoms with Crippen LogP contribution in [0.4, 0.5) is 5.69 Å². The molecule has 26 heavy (non-hydrogen) atoms. The third kappa shape index (κ3) is 5.08. The average Bonchev–Trinajstić information content (AvgIpc) is 2.58. The summed E-state index contributed by atoms with van der Waals surface area (Å²) in [6.45, 7) is 8.52. The number of anilines is 1. The monoisotopic (exact) mass is 374 g/mol. The molecule has 5 nitrogen and oxygen atoms in total. The van der Waals surface area contributed by atoms with Crippen LogP contribution in [0.15, 0.2) is 47.4 Å². The molecule has 2 aromatic rings. The smallest absolute Gasteiger partial charge is 0.261 e. The fourth-order valence-electron chi connectivity index (χ4n) is 2.45. The summed E-state index contributed by atoms with van der Waals surface area (Å²) in [5.74, 6) is 0.221. The zero-order valence-electron chi connectivity index (χ0n) is 15.7. The molecule has 0 unspecified atom stereocenters. The number of rotatable bonds is 7. The standard InChI is InChI=1S/C20H26N2O3S/c1-14(2)11-12-21-20(23)17-8-6-9-18(13-17)26(24,25)22-19-10-5-7-15(3)16(19)4/h5-10,13-14,22H,11-12H2,1-4H3,(H,21,23). The molecule has 0 aliphatic heterocycles. The number of carbonyl (C=O) groups is 1. The number of hydrogen-bond acceptors (Lipinski definition) is 3. The van der Waals surface area contributed by atoms with Crippen LogP contribution >= 0.6 is 0 Å². The lowest BCUT2D eigenvalue weighted by Crippen LogP contribution is -2.25. The highest BCUT2D eigenvalue weighted by molar-refractivity contribution is 7.92. The second-order valence-electron chi connectivity index (χ2n) is 6.82. The van der Waals surface area contributed by atoms with Crippen LogP contribution in [-0.2, 0) is 10.0 Å². The van der Waals surface area contributed by atoms with Crippen LogP contribution in [0.3, 0.4) is 0 Å². The van der Waals surface area contributed by atoms with E-state index in [9.17, 15) is 13.2 Å². The van der Waals surface area contributed by atoms with E-state index in [4.69, 9.17) is 0 Å². The molecule has 0 spiro atoms. The Hall–Kier alpha value is -2.34. The molecular weight excluding hydrogens is 348 g/mol. The molecule has 0 aliphatic rings. The van der Waals surface area contributed by atoms with Crippen LogP contribution in [0.2, 0.25) is 0 Å². The highest BCUT2D eigenvalue weighted by Crippen LogP contribution is 2.22. The van der Waals surface area contributed by atoms with E-state index < -0.39 is 10.0 Å². The van der Waals surface area contributed by atoms with Crippen molar-refractivity contribution < 1.29 is 13.2 Å². The molecule has 0 saturated heterocycles. The molecule has 0 radical (unpaired) electrons. The third-order valence-corrected chi connectivity index (χ3v) is 5.63. The quantitative estimate of drug-likeness (QED) is 0.772. The molecule has 2 N–H and O–H groups in total. The Balaban J connectivity index is 2.20. The zero-order valence-corrected chi connectivity index (χ0v) is 16.5. The van der Waals surface area contributed by atoms with Crippen molar-refractivity contribution in [2.45, 2.75) is 39.0 Å². The van der Waals surface area contributed by atoms with Crippen molar-refractivity contribution >= 4 is 21.6 Å². The van der Waals surface area contributed by atoms with E-state index in [-0.39, 0.29) is 10.8 Å². The van der Waals surface area contributed by atoms with Crippen LogP contribution in [-0.4, -0.2) is 20.9 Å². The van der Waals surface area contributed by atoms with Gasteiger partial charge in [0.25, 0.3) is 15.9 Å². The van der Waals surface area contributed by atoms with Crippen LogP contribution < -0.4 is 10.0 Å². The van der Waals surface area contributed by atoms with Crippen molar-refractivity contribution in [3.8, 4) is 0 Å². The molecule has 140 valence electrons. The fraction of sp³-hybridized carbons (Fsp3) is 0.350. The van der Waals surface area contributed by atoms with Gasteiger partial charge in [-0.15, -0.1) is 0 Å². The number of sulfonamides is 1. The SMILES string of the molecule is Cc1cccc(NS(=O)(=O)c2cccc(C(=O)NCCC(C)C)c2)c1C. The number of hydrogen-bond donors (Lipinski definition) is 2. The summed E-state index contributed by atoms with van der Waals surface area (Å²) < 4.78 is 28.0. The molecule has 1 amide bonds. The Morgan fingerprint density at radius 1 is 1.08 bits per heavy atom. The van der Waals surface area contributed by atoms with Gasteiger partial charge in [-0.25, -0.2) is 8.42 Å². The highest BCUT2D eigenvalue weighted by atomic mass is 32.2. The van der Waals surface area contributed by atoms with Crippen molar-refractivity contribution in [2.24, 2.45) is 5.92 Å². The van der Waals surface area contributed by atoms with Gasteiger partial charge in [0.15, 0.2) is 0 Å². The van der Waals surface area contributed by atoms with E-state index in [0.29, 0.717) is 23.7 Å². The summed E-state index contributed by atoms with van der Waals surface area (Å²) in [5, 5.41) is 2.82. The highest BCUT2D eigenvalue weighted by Gasteiger charge is 2.17. The molecule has 0 aromatic heterocycles. The minimum atomic E-state index is -3.77. The van der Waals surface area contributed by atoms with Gasteiger partial charge >= 0.3 is 0 Å². The first-order valence-corrected chi connectivity index (χ1v) is 10.2. The second kappa shape index (κ2) is 8.36. The predicted octanol–water partition coefficient (Wildman–Crippen LogP) is 3.88. The summed E-state index contributed by atoms with van der Waals surface area (Å²) >= 11 is 0. The van der Waals surface area contributed by atoms with Gasteiger partial charge < -0.3 is 5.32 Å². The number of benzene rings is 2. The van der Waals surface area contributed by atoms with Crippen molar-refractivity contribution in [3.05, 3.63) is 59.2 Å². The first kappa shape index (κ1) is 20.0. The van der Waals surface area contributed by atoms with Gasteiger partial charge in [0.05, 0.1) is 10.6 Å². The topological polar surface area (TPSA) is 75.3 Å². The summed E-state index contributed by atoms with van der Waals surface area (Å²) in [6.07, 6.45) is 0.873. The minimum Gasteiger partial charge on any atom is -0.352 e. The van der Waals surface area contributed by atoms with E-state index in [2.05, 4.69) is 23.9 Å². The van der Waals surface area contributed by atoms with Crippen molar-refractivity contribution in [3.63, 3.8) is 0 Å². The van der Waals surface area contributed by atoms with Gasteiger partial charge in [0.2, 0.25) is 0 Å². The number of carbonyl (C=O) groups excluding carboxylic acids is 1. The summed E-state index contributed by atoms with van der Waals surface area (Å²) in [5.41, 5.74) is 2.75. The Kier molecular flexibility index (Phi) is 6.42. The Morgan fingerprint density at radius 3 is 2.46 bits per heavy atom. The van der Waals surface area contributed by atoms with Crippen molar-refractivity contribution in [1.29, 1.82) is 0 Å². The van der Waals surface area contributed by atoms with Gasteiger partial charge in [0, 0.05) is 12.1 Å². The van der Waals surface area contributed by atoms with Gasteiger partial charge in [0.1, 0.15) is 0 Å². The van der Waals surface area contributed by atoms with E-state index >= 15 is 0 Å². The molecule has 0 saturated carbocycles. The fourth-order valence-corrected chi connectivity index (χ4v) is 3.61. The first-order chi connectivity index (χ1) is 12.2. The third-order valence-electron chi connectivity index (χ3n) is 4.26. The average molecular weight is 375 g/mol. The minimum absolute atomic E-state index is 0.0647. The molecule has 2 aromatic carbocycles. The van der Waals surface area contributed by atoms with Crippen LogP contribution in [0, 0.1) is 19.8 Å². The molecule has 0 aliphatic carbocycles. The molecule has 0 heterocycles. The maximum atomic E-state index is 12.7. The van der Waals surface area contributed by atoms with Gasteiger partial charge in [-0.05, 0) is 61.6 Å². The van der Waals surface area contributed by atoms with E-state index in [0.717, 1.165) is 17.5 Å². The van der Waals surface area contributed by atoms with E-state index in [1.807, 2.05) is 19.9 Å². The molecule has 0 fully saturated rings. The largest absolute Gasteiger partial charge is 0.352 e. The zero-order chi connectivity index (χ0) is 19.3. The van der Waals surface area contributed by atoms with E-state index in [1.54, 1.807) is 24.3 Å². The summed E-state index contributed by atoms with van der Waals surface area (Å²) in [7, 11) is -3.77. The number of amides is 1. The number of nitrogens with one attached hydrogen (secondary N) is 2. The van der Waals surface area contributed by atoms with Gasteiger partial charge in [-0.3, -0.25) is 9.52 Å². The second-order valence-corrected chi connectivity index (χ2v) is 8.50. The van der Waals surface area contributed by atoms with Crippen LogP contribution in [0.1, 0.15) is 41.8 Å². The summed E-state index contributed by atoms with van der Waals surface area (Å²) in [6, 6.07) is 11.5. The van der Waals surface area contributed by atoms with Crippen LogP contribution in [0.25, 0.3) is 0 Å². The lowest BCUT2D eigenvalue weighted by Gasteiger charge is -2.13. The lowest BCUT2D eigenvalue weighted by molar-refractivity contribution is 0.0952. The molecule has 0 bridgehead atoms. The molecular formula is C20H26N2O3S. The molecule has 0 atom stereocenters. The molecule has 6 heteroatoms. The Morgan fingerprint density at radius 2 is 1.77 bits per heavy atom. The maximum absolute atomic E-state index is 12.7. The normalized spacial score (nSPS) is 11.4. The van der Waals surface area contributed by atoms with Crippen LogP contribution in [0.5, 0.6) is 0 Å². The molecule has 2 rings (SSSR count). The van der Waals surface area contributed by atoms with Crippen molar-refractivity contribution in [1.82, 2.24) is 5.32 Å². The lowest BCUT2D eigenvalue weighted by atomic mass is 10.1. The Labute approximate surface area is 155 Å². The first-order valence-electron chi connectivity index (χ1n) is 8.68. The predicted molar refractivity (Wildman–Crippen MR) is 105 cm³/mol. The number of aryl methyl sites for hydroxylation is 1.